The Hall–Kier alpha value is -3.03. The topological polar surface area (TPSA) is 93.8 Å². The van der Waals surface area contributed by atoms with Crippen LogP contribution in [-0.4, -0.2) is 33.9 Å². The summed E-state index contributed by atoms with van der Waals surface area (Å²) >= 11 is 0. The average Bonchev–Trinajstić information content (AvgIpc) is 3.18. The normalized spacial score (nSPS) is 11.8. The van der Waals surface area contributed by atoms with Crippen molar-refractivity contribution >= 4 is 16.8 Å². The Balaban J connectivity index is 2.18. The molecule has 0 unspecified atom stereocenters. The van der Waals surface area contributed by atoms with E-state index in [0.717, 1.165) is 5.69 Å². The highest BCUT2D eigenvalue weighted by atomic mass is 16.1. The molecule has 0 spiro atoms. The highest BCUT2D eigenvalue weighted by Gasteiger charge is 2.16. The van der Waals surface area contributed by atoms with Crippen LogP contribution >= 0.6 is 0 Å². The summed E-state index contributed by atoms with van der Waals surface area (Å²) in [5, 5.41) is 0. The third-order valence-electron chi connectivity index (χ3n) is 3.50. The molecule has 0 atom stereocenters. The summed E-state index contributed by atoms with van der Waals surface area (Å²) in [6.07, 6.45) is 8.40. The lowest BCUT2D eigenvalue weighted by Crippen LogP contribution is -2.15. The Bertz CT molecular complexity index is 1030. The van der Waals surface area contributed by atoms with E-state index in [9.17, 15) is 4.79 Å². The first-order valence-electron chi connectivity index (χ1n) is 6.90. The zero-order valence-electron chi connectivity index (χ0n) is 12.1. The molecule has 110 valence electrons. The number of nitrogens with zero attached hydrogens (tertiary/aromatic N) is 6. The lowest BCUT2D eigenvalue weighted by atomic mass is 10.1. The molecule has 0 bridgehead atoms. The SMILES string of the molecule is CC(C)c1nc(-n2ccnc2)nc2c1[nH]c(=O)c1nccn12. The number of nitrogens with one attached hydrogen (secondary N) is 1. The maximum absolute atomic E-state index is 12.1. The summed E-state index contributed by atoms with van der Waals surface area (Å²) in [5.41, 5.74) is 2.10. The number of rotatable bonds is 2. The monoisotopic (exact) mass is 295 g/mol. The maximum atomic E-state index is 12.1. The zero-order valence-corrected chi connectivity index (χ0v) is 12.1. The van der Waals surface area contributed by atoms with Crippen LogP contribution < -0.4 is 5.56 Å². The second kappa shape index (κ2) is 4.48. The van der Waals surface area contributed by atoms with Crippen LogP contribution in [0.5, 0.6) is 0 Å². The van der Waals surface area contributed by atoms with E-state index in [0.29, 0.717) is 22.8 Å². The Morgan fingerprint density at radius 2 is 2.00 bits per heavy atom. The smallest absolute Gasteiger partial charge is 0.292 e. The Labute approximate surface area is 124 Å². The van der Waals surface area contributed by atoms with Crippen LogP contribution in [0.3, 0.4) is 0 Å². The van der Waals surface area contributed by atoms with Crippen molar-refractivity contribution in [3.63, 3.8) is 0 Å². The molecule has 8 nitrogen and oxygen atoms in total. The lowest BCUT2D eigenvalue weighted by Gasteiger charge is -2.12. The number of aromatic amines is 1. The molecule has 4 aromatic heterocycles. The first-order chi connectivity index (χ1) is 10.6. The molecule has 0 aliphatic rings. The molecular weight excluding hydrogens is 282 g/mol. The average molecular weight is 295 g/mol. The first kappa shape index (κ1) is 12.7. The Morgan fingerprint density at radius 1 is 1.14 bits per heavy atom. The van der Waals surface area contributed by atoms with E-state index in [1.807, 2.05) is 13.8 Å². The molecule has 4 rings (SSSR count). The summed E-state index contributed by atoms with van der Waals surface area (Å²) < 4.78 is 3.42. The van der Waals surface area contributed by atoms with Gasteiger partial charge in [0.25, 0.3) is 5.56 Å². The fourth-order valence-corrected chi connectivity index (χ4v) is 2.47. The van der Waals surface area contributed by atoms with Gasteiger partial charge in [-0.05, 0) is 5.92 Å². The van der Waals surface area contributed by atoms with Gasteiger partial charge in [-0.2, -0.15) is 4.98 Å². The maximum Gasteiger partial charge on any atom is 0.292 e. The van der Waals surface area contributed by atoms with Gasteiger partial charge in [-0.25, -0.2) is 15.0 Å². The van der Waals surface area contributed by atoms with Crippen LogP contribution in [0.4, 0.5) is 0 Å². The third kappa shape index (κ3) is 1.73. The highest BCUT2D eigenvalue weighted by Crippen LogP contribution is 2.21. The molecule has 4 heterocycles. The lowest BCUT2D eigenvalue weighted by molar-refractivity contribution is 0.799. The molecule has 0 aromatic carbocycles. The van der Waals surface area contributed by atoms with Crippen molar-refractivity contribution in [3.05, 3.63) is 47.2 Å². The van der Waals surface area contributed by atoms with E-state index < -0.39 is 0 Å². The highest BCUT2D eigenvalue weighted by molar-refractivity contribution is 5.76. The molecule has 8 heteroatoms. The minimum absolute atomic E-state index is 0.129. The Morgan fingerprint density at radius 3 is 2.73 bits per heavy atom. The molecule has 0 fully saturated rings. The van der Waals surface area contributed by atoms with Crippen LogP contribution in [-0.2, 0) is 0 Å². The summed E-state index contributed by atoms with van der Waals surface area (Å²) in [6, 6.07) is 0. The minimum atomic E-state index is -0.251. The Kier molecular flexibility index (Phi) is 2.59. The van der Waals surface area contributed by atoms with Gasteiger partial charge in [-0.15, -0.1) is 0 Å². The van der Waals surface area contributed by atoms with Crippen molar-refractivity contribution < 1.29 is 0 Å². The van der Waals surface area contributed by atoms with E-state index in [2.05, 4.69) is 24.9 Å². The van der Waals surface area contributed by atoms with Gasteiger partial charge in [0, 0.05) is 24.8 Å². The van der Waals surface area contributed by atoms with Gasteiger partial charge in [0.15, 0.2) is 5.65 Å². The molecule has 0 aliphatic heterocycles. The van der Waals surface area contributed by atoms with Gasteiger partial charge < -0.3 is 4.98 Å². The van der Waals surface area contributed by atoms with Crippen molar-refractivity contribution in [1.29, 1.82) is 0 Å². The van der Waals surface area contributed by atoms with E-state index in [-0.39, 0.29) is 11.5 Å². The number of fused-ring (bicyclic) bond motifs is 3. The van der Waals surface area contributed by atoms with Gasteiger partial charge in [0.1, 0.15) is 11.8 Å². The number of hydrogen-bond acceptors (Lipinski definition) is 5. The molecule has 0 radical (unpaired) electrons. The second-order valence-electron chi connectivity index (χ2n) is 5.31. The second-order valence-corrected chi connectivity index (χ2v) is 5.31. The van der Waals surface area contributed by atoms with Gasteiger partial charge in [0.2, 0.25) is 11.6 Å². The van der Waals surface area contributed by atoms with Crippen LogP contribution in [0.15, 0.2) is 35.9 Å². The number of hydrogen-bond donors (Lipinski definition) is 1. The predicted octanol–water partition coefficient (Wildman–Crippen LogP) is 1.27. The molecule has 22 heavy (non-hydrogen) atoms. The van der Waals surface area contributed by atoms with Gasteiger partial charge >= 0.3 is 0 Å². The number of H-pyrrole nitrogens is 1. The predicted molar refractivity (Wildman–Crippen MR) is 80.1 cm³/mol. The number of aromatic nitrogens is 7. The quantitative estimate of drug-likeness (QED) is 0.601. The fraction of sp³-hybridized carbons (Fsp3) is 0.214. The summed E-state index contributed by atoms with van der Waals surface area (Å²) in [4.78, 5) is 32.2. The van der Waals surface area contributed by atoms with E-state index >= 15 is 0 Å². The molecule has 0 aliphatic carbocycles. The molecule has 4 aromatic rings. The summed E-state index contributed by atoms with van der Waals surface area (Å²) in [5.74, 6) is 0.639. The van der Waals surface area contributed by atoms with Crippen molar-refractivity contribution in [2.45, 2.75) is 19.8 Å². The van der Waals surface area contributed by atoms with Crippen molar-refractivity contribution in [2.24, 2.45) is 0 Å². The largest absolute Gasteiger partial charge is 0.315 e. The van der Waals surface area contributed by atoms with E-state index in [1.54, 1.807) is 40.1 Å². The van der Waals surface area contributed by atoms with Gasteiger partial charge in [-0.1, -0.05) is 13.8 Å². The zero-order chi connectivity index (χ0) is 15.3. The van der Waals surface area contributed by atoms with Gasteiger partial charge in [0.05, 0.1) is 5.69 Å². The van der Waals surface area contributed by atoms with E-state index in [1.165, 1.54) is 0 Å². The molecule has 1 N–H and O–H groups in total. The van der Waals surface area contributed by atoms with E-state index in [4.69, 9.17) is 0 Å². The van der Waals surface area contributed by atoms with Crippen LogP contribution in [0.25, 0.3) is 22.8 Å². The third-order valence-corrected chi connectivity index (χ3v) is 3.50. The molecule has 0 amide bonds. The van der Waals surface area contributed by atoms with Crippen molar-refractivity contribution in [3.8, 4) is 5.95 Å². The molecule has 0 saturated carbocycles. The minimum Gasteiger partial charge on any atom is -0.315 e. The van der Waals surface area contributed by atoms with Crippen molar-refractivity contribution in [2.75, 3.05) is 0 Å². The van der Waals surface area contributed by atoms with Crippen LogP contribution in [0.1, 0.15) is 25.5 Å². The molecular formula is C14H13N7O. The molecule has 0 saturated heterocycles. The van der Waals surface area contributed by atoms with Crippen LogP contribution in [0.2, 0.25) is 0 Å². The number of imidazole rings is 2. The first-order valence-corrected chi connectivity index (χ1v) is 6.90. The van der Waals surface area contributed by atoms with Gasteiger partial charge in [-0.3, -0.25) is 13.8 Å². The summed E-state index contributed by atoms with van der Waals surface area (Å²) in [6.45, 7) is 4.05. The summed E-state index contributed by atoms with van der Waals surface area (Å²) in [7, 11) is 0. The van der Waals surface area contributed by atoms with Crippen LogP contribution in [0, 0.1) is 0 Å². The standard InChI is InChI=1S/C14H13N7O/c1-8(2)9-10-11(19-14(18-9)20-5-3-15-7-20)21-6-4-16-12(21)13(22)17-10/h3-8H,1-2H3,(H,17,22). The fourth-order valence-electron chi connectivity index (χ4n) is 2.47. The van der Waals surface area contributed by atoms with Crippen molar-refractivity contribution in [1.82, 2.24) is 33.9 Å².